The smallest absolute Gasteiger partial charge is 0.225 e. The Balaban J connectivity index is 2.12. The van der Waals surface area contributed by atoms with E-state index in [0.29, 0.717) is 5.91 Å². The molecule has 1 heterocycles. The molecule has 104 valence electrons. The third kappa shape index (κ3) is 2.91. The Bertz CT molecular complexity index is 452. The van der Waals surface area contributed by atoms with E-state index in [0.717, 1.165) is 38.1 Å². The summed E-state index contributed by atoms with van der Waals surface area (Å²) in [6, 6.07) is 6.15. The first kappa shape index (κ1) is 13.9. The molecule has 19 heavy (non-hydrogen) atoms. The molecule has 0 spiro atoms. The van der Waals surface area contributed by atoms with Gasteiger partial charge in [0.15, 0.2) is 0 Å². The van der Waals surface area contributed by atoms with Gasteiger partial charge in [-0.15, -0.1) is 0 Å². The summed E-state index contributed by atoms with van der Waals surface area (Å²) in [7, 11) is 1.69. The molecule has 1 aromatic rings. The number of carbonyl (C=O) groups excluding carboxylic acids is 1. The lowest BCUT2D eigenvalue weighted by molar-refractivity contribution is -0.136. The lowest BCUT2D eigenvalue weighted by Crippen LogP contribution is -2.39. The van der Waals surface area contributed by atoms with E-state index < -0.39 is 0 Å². The monoisotopic (exact) mass is 261 g/mol. The predicted molar refractivity (Wildman–Crippen MR) is 76.2 cm³/mol. The van der Waals surface area contributed by atoms with E-state index in [1.165, 1.54) is 11.1 Å². The molecule has 3 nitrogen and oxygen atoms in total. The van der Waals surface area contributed by atoms with E-state index in [9.17, 15) is 4.79 Å². The number of benzene rings is 1. The van der Waals surface area contributed by atoms with Crippen LogP contribution in [0.2, 0.25) is 0 Å². The molecule has 0 radical (unpaired) electrons. The van der Waals surface area contributed by atoms with Crippen LogP contribution in [0.5, 0.6) is 5.75 Å². The molecule has 0 bridgehead atoms. The molecule has 0 atom stereocenters. The molecule has 1 aliphatic rings. The van der Waals surface area contributed by atoms with E-state index in [2.05, 4.69) is 26.0 Å². The molecule has 0 aliphatic carbocycles. The zero-order chi connectivity index (χ0) is 13.8. The quantitative estimate of drug-likeness (QED) is 0.834. The van der Waals surface area contributed by atoms with Crippen LogP contribution in [0.25, 0.3) is 0 Å². The Morgan fingerprint density at radius 3 is 2.68 bits per heavy atom. The largest absolute Gasteiger partial charge is 0.497 e. The minimum atomic E-state index is 0.180. The summed E-state index contributed by atoms with van der Waals surface area (Å²) >= 11 is 0. The molecule has 0 saturated heterocycles. The maximum Gasteiger partial charge on any atom is 0.225 e. The highest BCUT2D eigenvalue weighted by molar-refractivity contribution is 5.79. The first-order valence-corrected chi connectivity index (χ1v) is 7.14. The van der Waals surface area contributed by atoms with Crippen molar-refractivity contribution >= 4 is 5.91 Å². The average molecular weight is 261 g/mol. The van der Waals surface area contributed by atoms with Crippen LogP contribution in [0.1, 0.15) is 37.8 Å². The molecule has 3 heteroatoms. The molecule has 0 N–H and O–H groups in total. The van der Waals surface area contributed by atoms with Gasteiger partial charge < -0.3 is 9.64 Å². The number of rotatable bonds is 4. The minimum absolute atomic E-state index is 0.180. The average Bonchev–Trinajstić information content (AvgIpc) is 2.47. The Kier molecular flexibility index (Phi) is 4.46. The number of ether oxygens (including phenoxy) is 1. The topological polar surface area (TPSA) is 29.5 Å². The van der Waals surface area contributed by atoms with Gasteiger partial charge >= 0.3 is 0 Å². The van der Waals surface area contributed by atoms with E-state index in [1.54, 1.807) is 7.11 Å². The predicted octanol–water partition coefficient (Wildman–Crippen LogP) is 3.02. The van der Waals surface area contributed by atoms with Crippen LogP contribution in [0.3, 0.4) is 0 Å². The van der Waals surface area contributed by atoms with Crippen LogP contribution < -0.4 is 4.74 Å². The third-order valence-corrected chi connectivity index (χ3v) is 4.07. The number of methoxy groups -OCH3 is 1. The van der Waals surface area contributed by atoms with Crippen molar-refractivity contribution in [2.24, 2.45) is 5.92 Å². The van der Waals surface area contributed by atoms with Crippen molar-refractivity contribution in [3.05, 3.63) is 29.3 Å². The van der Waals surface area contributed by atoms with Crippen LogP contribution in [-0.4, -0.2) is 24.5 Å². The second-order valence-corrected chi connectivity index (χ2v) is 5.16. The summed E-state index contributed by atoms with van der Waals surface area (Å²) in [6.45, 7) is 5.76. The van der Waals surface area contributed by atoms with E-state index in [4.69, 9.17) is 4.74 Å². The molecule has 1 aromatic carbocycles. The Morgan fingerprint density at radius 1 is 1.32 bits per heavy atom. The zero-order valence-electron chi connectivity index (χ0n) is 12.1. The van der Waals surface area contributed by atoms with Gasteiger partial charge in [0, 0.05) is 19.0 Å². The maximum absolute atomic E-state index is 12.4. The Labute approximate surface area is 115 Å². The molecular weight excluding hydrogens is 238 g/mol. The molecule has 1 amide bonds. The zero-order valence-corrected chi connectivity index (χ0v) is 12.1. The van der Waals surface area contributed by atoms with Gasteiger partial charge in [0.25, 0.3) is 0 Å². The summed E-state index contributed by atoms with van der Waals surface area (Å²) < 4.78 is 5.25. The van der Waals surface area contributed by atoms with Gasteiger partial charge in [-0.05, 0) is 42.5 Å². The normalized spacial score (nSPS) is 14.4. The van der Waals surface area contributed by atoms with E-state index in [1.807, 2.05) is 11.0 Å². The van der Waals surface area contributed by atoms with Crippen molar-refractivity contribution in [3.8, 4) is 5.75 Å². The maximum atomic E-state index is 12.4. The lowest BCUT2D eigenvalue weighted by atomic mass is 9.96. The highest BCUT2D eigenvalue weighted by atomic mass is 16.5. The fourth-order valence-corrected chi connectivity index (χ4v) is 2.74. The Morgan fingerprint density at radius 2 is 2.05 bits per heavy atom. The molecule has 2 rings (SSSR count). The highest BCUT2D eigenvalue weighted by Crippen LogP contribution is 2.25. The van der Waals surface area contributed by atoms with Crippen LogP contribution in [0.15, 0.2) is 18.2 Å². The number of carbonyl (C=O) groups is 1. The third-order valence-electron chi connectivity index (χ3n) is 4.07. The van der Waals surface area contributed by atoms with E-state index in [-0.39, 0.29) is 5.92 Å². The molecule has 0 aromatic heterocycles. The summed E-state index contributed by atoms with van der Waals surface area (Å²) in [5.41, 5.74) is 2.57. The lowest BCUT2D eigenvalue weighted by Gasteiger charge is -2.31. The van der Waals surface area contributed by atoms with Crippen molar-refractivity contribution in [1.29, 1.82) is 0 Å². The summed E-state index contributed by atoms with van der Waals surface area (Å²) in [5.74, 6) is 1.39. The second kappa shape index (κ2) is 6.09. The second-order valence-electron chi connectivity index (χ2n) is 5.16. The molecular formula is C16H23NO2. The van der Waals surface area contributed by atoms with E-state index >= 15 is 0 Å². The van der Waals surface area contributed by atoms with Crippen LogP contribution in [-0.2, 0) is 17.8 Å². The van der Waals surface area contributed by atoms with Gasteiger partial charge in [-0.2, -0.15) is 0 Å². The summed E-state index contributed by atoms with van der Waals surface area (Å²) in [5, 5.41) is 0. The van der Waals surface area contributed by atoms with Crippen molar-refractivity contribution in [2.45, 2.75) is 39.7 Å². The van der Waals surface area contributed by atoms with Crippen LogP contribution >= 0.6 is 0 Å². The Hall–Kier alpha value is -1.51. The van der Waals surface area contributed by atoms with Crippen molar-refractivity contribution in [1.82, 2.24) is 4.90 Å². The number of fused-ring (bicyclic) bond motifs is 1. The SMILES string of the molecule is CCC(CC)C(=O)N1CCc2cc(OC)ccc2C1. The number of nitrogens with zero attached hydrogens (tertiary/aromatic N) is 1. The van der Waals surface area contributed by atoms with Crippen molar-refractivity contribution in [3.63, 3.8) is 0 Å². The summed E-state index contributed by atoms with van der Waals surface area (Å²) in [6.07, 6.45) is 2.79. The first-order valence-electron chi connectivity index (χ1n) is 7.14. The van der Waals surface area contributed by atoms with Crippen molar-refractivity contribution < 1.29 is 9.53 Å². The standard InChI is InChI=1S/C16H23NO2/c1-4-12(5-2)16(18)17-9-8-13-10-15(19-3)7-6-14(13)11-17/h6-7,10,12H,4-5,8-9,11H2,1-3H3. The highest BCUT2D eigenvalue weighted by Gasteiger charge is 2.25. The fourth-order valence-electron chi connectivity index (χ4n) is 2.74. The molecule has 0 unspecified atom stereocenters. The van der Waals surface area contributed by atoms with Gasteiger partial charge in [0.05, 0.1) is 7.11 Å². The molecule has 0 saturated carbocycles. The van der Waals surface area contributed by atoms with Gasteiger partial charge in [-0.1, -0.05) is 19.9 Å². The summed E-state index contributed by atoms with van der Waals surface area (Å²) in [4.78, 5) is 14.4. The number of hydrogen-bond donors (Lipinski definition) is 0. The first-order chi connectivity index (χ1) is 9.19. The molecule has 0 fully saturated rings. The minimum Gasteiger partial charge on any atom is -0.497 e. The number of hydrogen-bond acceptors (Lipinski definition) is 2. The van der Waals surface area contributed by atoms with Gasteiger partial charge in [-0.3, -0.25) is 4.79 Å². The molecule has 1 aliphatic heterocycles. The number of amides is 1. The van der Waals surface area contributed by atoms with Crippen molar-refractivity contribution in [2.75, 3.05) is 13.7 Å². The van der Waals surface area contributed by atoms with Crippen LogP contribution in [0.4, 0.5) is 0 Å². The van der Waals surface area contributed by atoms with Gasteiger partial charge in [0.1, 0.15) is 5.75 Å². The van der Waals surface area contributed by atoms with Gasteiger partial charge in [0.2, 0.25) is 5.91 Å². The fraction of sp³-hybridized carbons (Fsp3) is 0.562. The van der Waals surface area contributed by atoms with Gasteiger partial charge in [-0.25, -0.2) is 0 Å². The van der Waals surface area contributed by atoms with Crippen LogP contribution in [0, 0.1) is 5.92 Å².